The maximum atomic E-state index is 12.5. The largest absolute Gasteiger partial charge is 0.479 e. The van der Waals surface area contributed by atoms with E-state index in [9.17, 15) is 14.4 Å². The summed E-state index contributed by atoms with van der Waals surface area (Å²) in [4.78, 5) is 38.0. The van der Waals surface area contributed by atoms with Crippen molar-refractivity contribution in [3.05, 3.63) is 35.5 Å². The molecule has 3 aliphatic rings. The van der Waals surface area contributed by atoms with Gasteiger partial charge in [0.1, 0.15) is 0 Å². The molecule has 10 heteroatoms. The van der Waals surface area contributed by atoms with Crippen molar-refractivity contribution in [2.24, 2.45) is 5.92 Å². The standard InChI is InChI=1S/C22H29N3O.C4H6O6/c1-25-13-14(10-21(26)24-16-5-2-3-6-16)9-18-17-7-4-8-19-22(17)15(12-23-19)11-20(18)25;5-1(3(7)8)2(6)4(9)10/h4,7-8,12,14,16,18,20,23H,2-3,5-6,9-11,13H2,1H3,(H,24,26);1-2,5-6H,(H,7,8)(H,9,10)/t14-,18?,20+;1-,2-/m01/s1. The van der Waals surface area contributed by atoms with Gasteiger partial charge in [-0.05, 0) is 55.8 Å². The maximum absolute atomic E-state index is 12.5. The van der Waals surface area contributed by atoms with Gasteiger partial charge >= 0.3 is 11.9 Å². The third-order valence-electron chi connectivity index (χ3n) is 7.81. The van der Waals surface area contributed by atoms with E-state index in [0.29, 0.717) is 30.3 Å². The zero-order valence-electron chi connectivity index (χ0n) is 20.4. The molecule has 1 aromatic carbocycles. The summed E-state index contributed by atoms with van der Waals surface area (Å²) in [6.45, 7) is 1.04. The van der Waals surface area contributed by atoms with E-state index < -0.39 is 24.1 Å². The van der Waals surface area contributed by atoms with E-state index in [-0.39, 0.29) is 5.91 Å². The van der Waals surface area contributed by atoms with Crippen molar-refractivity contribution in [2.75, 3.05) is 13.6 Å². The first-order valence-corrected chi connectivity index (χ1v) is 12.6. The van der Waals surface area contributed by atoms with Gasteiger partial charge in [-0.2, -0.15) is 0 Å². The molecule has 1 unspecified atom stereocenters. The van der Waals surface area contributed by atoms with Gasteiger partial charge in [0, 0.05) is 48.1 Å². The van der Waals surface area contributed by atoms with Gasteiger partial charge in [-0.15, -0.1) is 0 Å². The molecule has 2 fully saturated rings. The van der Waals surface area contributed by atoms with Crippen LogP contribution in [0.5, 0.6) is 0 Å². The van der Waals surface area contributed by atoms with Crippen molar-refractivity contribution in [3.8, 4) is 0 Å². The smallest absolute Gasteiger partial charge is 0.335 e. The molecule has 2 heterocycles. The molecule has 5 rings (SSSR count). The van der Waals surface area contributed by atoms with Gasteiger partial charge in [0.05, 0.1) is 0 Å². The number of likely N-dealkylation sites (N-methyl/N-ethyl adjacent to an activating group) is 1. The highest BCUT2D eigenvalue weighted by Crippen LogP contribution is 2.44. The molecule has 36 heavy (non-hydrogen) atoms. The van der Waals surface area contributed by atoms with Crippen molar-refractivity contribution < 1.29 is 34.8 Å². The van der Waals surface area contributed by atoms with Crippen LogP contribution in [-0.4, -0.2) is 86.0 Å². The molecular formula is C26H35N3O7. The predicted octanol–water partition coefficient (Wildman–Crippen LogP) is 1.45. The summed E-state index contributed by atoms with van der Waals surface area (Å²) in [5.41, 5.74) is 4.21. The first-order valence-electron chi connectivity index (χ1n) is 12.6. The molecule has 1 amide bonds. The van der Waals surface area contributed by atoms with Crippen LogP contribution >= 0.6 is 0 Å². The number of H-pyrrole nitrogens is 1. The second kappa shape index (κ2) is 11.0. The van der Waals surface area contributed by atoms with Crippen LogP contribution in [0.15, 0.2) is 24.4 Å². The number of carboxylic acids is 2. The van der Waals surface area contributed by atoms with Crippen LogP contribution in [0.4, 0.5) is 0 Å². The summed E-state index contributed by atoms with van der Waals surface area (Å²) < 4.78 is 0. The van der Waals surface area contributed by atoms with Gasteiger partial charge in [0.2, 0.25) is 5.91 Å². The van der Waals surface area contributed by atoms with Crippen molar-refractivity contribution in [2.45, 2.75) is 75.2 Å². The number of rotatable bonds is 6. The molecule has 0 radical (unpaired) electrons. The number of carbonyl (C=O) groups excluding carboxylic acids is 1. The lowest BCUT2D eigenvalue weighted by Crippen LogP contribution is -2.48. The third kappa shape index (κ3) is 5.55. The number of aliphatic hydroxyl groups is 2. The molecule has 1 saturated carbocycles. The number of hydrogen-bond donors (Lipinski definition) is 6. The number of likely N-dealkylation sites (tertiary alicyclic amines) is 1. The fourth-order valence-electron chi connectivity index (χ4n) is 6.09. The molecular weight excluding hydrogens is 466 g/mol. The van der Waals surface area contributed by atoms with Crippen molar-refractivity contribution >= 4 is 28.7 Å². The van der Waals surface area contributed by atoms with Crippen LogP contribution in [-0.2, 0) is 20.8 Å². The van der Waals surface area contributed by atoms with Gasteiger partial charge in [-0.1, -0.05) is 25.0 Å². The van der Waals surface area contributed by atoms with Crippen LogP contribution in [0.3, 0.4) is 0 Å². The van der Waals surface area contributed by atoms with Crippen LogP contribution < -0.4 is 5.32 Å². The number of carbonyl (C=O) groups is 3. The van der Waals surface area contributed by atoms with Crippen molar-refractivity contribution in [3.63, 3.8) is 0 Å². The van der Waals surface area contributed by atoms with E-state index in [2.05, 4.69) is 46.6 Å². The zero-order valence-corrected chi connectivity index (χ0v) is 20.4. The second-order valence-electron chi connectivity index (χ2n) is 10.3. The summed E-state index contributed by atoms with van der Waals surface area (Å²) >= 11 is 0. The lowest BCUT2D eigenvalue weighted by molar-refractivity contribution is -0.165. The van der Waals surface area contributed by atoms with E-state index in [1.807, 2.05) is 0 Å². The molecule has 196 valence electrons. The Balaban J connectivity index is 0.000000261. The molecule has 1 saturated heterocycles. The highest BCUT2D eigenvalue weighted by atomic mass is 16.4. The summed E-state index contributed by atoms with van der Waals surface area (Å²) in [5, 5.41) is 37.3. The minimum atomic E-state index is -2.27. The van der Waals surface area contributed by atoms with Gasteiger partial charge in [0.25, 0.3) is 0 Å². The van der Waals surface area contributed by atoms with E-state index in [4.69, 9.17) is 20.4 Å². The van der Waals surface area contributed by atoms with Gasteiger partial charge in [-0.25, -0.2) is 9.59 Å². The number of aliphatic hydroxyl groups excluding tert-OH is 2. The fraction of sp³-hybridized carbons (Fsp3) is 0.577. The Morgan fingerprint density at radius 1 is 1.11 bits per heavy atom. The number of carboxylic acid groups (broad SMARTS) is 2. The number of aromatic amines is 1. The number of benzene rings is 1. The van der Waals surface area contributed by atoms with Crippen molar-refractivity contribution in [1.29, 1.82) is 0 Å². The van der Waals surface area contributed by atoms with Crippen molar-refractivity contribution in [1.82, 2.24) is 15.2 Å². The van der Waals surface area contributed by atoms with Crippen LogP contribution in [0.25, 0.3) is 10.9 Å². The van der Waals surface area contributed by atoms with E-state index in [1.165, 1.54) is 47.7 Å². The average molecular weight is 502 g/mol. The highest BCUT2D eigenvalue weighted by molar-refractivity contribution is 5.88. The molecule has 1 aliphatic heterocycles. The van der Waals surface area contributed by atoms with E-state index in [0.717, 1.165) is 19.4 Å². The number of aromatic nitrogens is 1. The second-order valence-corrected chi connectivity index (χ2v) is 10.3. The molecule has 2 aliphatic carbocycles. The zero-order chi connectivity index (χ0) is 26.0. The number of nitrogens with zero attached hydrogens (tertiary/aromatic N) is 1. The fourth-order valence-corrected chi connectivity index (χ4v) is 6.09. The van der Waals surface area contributed by atoms with Crippen LogP contribution in [0.2, 0.25) is 0 Å². The summed E-state index contributed by atoms with van der Waals surface area (Å²) in [6, 6.07) is 7.67. The molecule has 5 atom stereocenters. The molecule has 6 N–H and O–H groups in total. The molecule has 10 nitrogen and oxygen atoms in total. The number of piperidine rings is 1. The van der Waals surface area contributed by atoms with E-state index >= 15 is 0 Å². The number of amides is 1. The highest BCUT2D eigenvalue weighted by Gasteiger charge is 2.40. The molecule has 2 aromatic rings. The number of nitrogens with one attached hydrogen (secondary N) is 2. The quantitative estimate of drug-likeness (QED) is 0.346. The normalized spacial score (nSPS) is 25.4. The monoisotopic (exact) mass is 501 g/mol. The molecule has 0 bridgehead atoms. The predicted molar refractivity (Wildman–Crippen MR) is 132 cm³/mol. The summed E-state index contributed by atoms with van der Waals surface area (Å²) in [5.74, 6) is -2.27. The molecule has 1 aromatic heterocycles. The third-order valence-corrected chi connectivity index (χ3v) is 7.81. The van der Waals surface area contributed by atoms with Crippen LogP contribution in [0, 0.1) is 5.92 Å². The van der Waals surface area contributed by atoms with Crippen LogP contribution in [0.1, 0.15) is 55.6 Å². The SMILES string of the molecule is CN1C[C@H](CC(=O)NC2CCCC2)CC2c3cccc4[nH]cc(c34)C[C@H]21.O=C(O)[C@H](O)[C@@H](O)C(=O)O. The Labute approximate surface area is 209 Å². The average Bonchev–Trinajstić information content (AvgIpc) is 3.50. The lowest BCUT2D eigenvalue weighted by Gasteiger charge is -2.45. The van der Waals surface area contributed by atoms with Gasteiger partial charge < -0.3 is 35.6 Å². The Morgan fingerprint density at radius 2 is 1.78 bits per heavy atom. The first-order chi connectivity index (χ1) is 17.2. The Hall–Kier alpha value is -2.95. The Morgan fingerprint density at radius 3 is 2.42 bits per heavy atom. The summed E-state index contributed by atoms with van der Waals surface area (Å²) in [7, 11) is 2.25. The Kier molecular flexibility index (Phi) is 7.97. The Bertz CT molecular complexity index is 1090. The number of fused-ring (bicyclic) bond motifs is 2. The van der Waals surface area contributed by atoms with Gasteiger partial charge in [0.15, 0.2) is 12.2 Å². The number of hydrogen-bond acceptors (Lipinski definition) is 6. The number of aliphatic carboxylic acids is 2. The maximum Gasteiger partial charge on any atom is 0.335 e. The van der Waals surface area contributed by atoms with E-state index in [1.54, 1.807) is 0 Å². The minimum Gasteiger partial charge on any atom is -0.479 e. The lowest BCUT2D eigenvalue weighted by atomic mass is 9.72. The summed E-state index contributed by atoms with van der Waals surface area (Å²) in [6.07, 6.45) is 5.47. The molecule has 0 spiro atoms. The topological polar surface area (TPSA) is 163 Å². The van der Waals surface area contributed by atoms with Gasteiger partial charge in [-0.3, -0.25) is 4.79 Å². The minimum absolute atomic E-state index is 0.269. The first kappa shape index (κ1) is 26.1.